The summed E-state index contributed by atoms with van der Waals surface area (Å²) in [6.07, 6.45) is 4.56. The van der Waals surface area contributed by atoms with Gasteiger partial charge in [0.05, 0.1) is 24.4 Å². The minimum absolute atomic E-state index is 0.0863. The Morgan fingerprint density at radius 1 is 1.11 bits per heavy atom. The summed E-state index contributed by atoms with van der Waals surface area (Å²) < 4.78 is 6.43. The molecule has 1 fully saturated rings. The molecule has 7 nitrogen and oxygen atoms in total. The predicted octanol–water partition coefficient (Wildman–Crippen LogP) is 4.60. The van der Waals surface area contributed by atoms with E-state index in [0.717, 1.165) is 59.3 Å². The lowest BCUT2D eigenvalue weighted by Crippen LogP contribution is -2.49. The Labute approximate surface area is 222 Å². The minimum Gasteiger partial charge on any atom is -0.486 e. The molecule has 3 N–H and O–H groups in total. The molecule has 0 bridgehead atoms. The lowest BCUT2D eigenvalue weighted by atomic mass is 9.82. The van der Waals surface area contributed by atoms with Gasteiger partial charge in [0.2, 0.25) is 5.91 Å². The highest BCUT2D eigenvalue weighted by Gasteiger charge is 2.41. The molecular formula is C31H32N4O3. The van der Waals surface area contributed by atoms with Crippen LogP contribution in [0.2, 0.25) is 0 Å². The Bertz CT molecular complexity index is 1500. The molecule has 1 aromatic heterocycles. The summed E-state index contributed by atoms with van der Waals surface area (Å²) in [5.74, 6) is 1.50. The number of aromatic amines is 1. The number of H-pyrrole nitrogens is 1. The fourth-order valence-electron chi connectivity index (χ4n) is 5.84. The molecule has 0 aliphatic carbocycles. The Balaban J connectivity index is 1.30. The highest BCUT2D eigenvalue weighted by atomic mass is 16.5. The smallest absolute Gasteiger partial charge is 0.226 e. The van der Waals surface area contributed by atoms with Gasteiger partial charge in [0.15, 0.2) is 5.78 Å². The maximum atomic E-state index is 13.2. The van der Waals surface area contributed by atoms with Crippen LogP contribution in [0, 0.1) is 6.92 Å². The van der Waals surface area contributed by atoms with E-state index in [2.05, 4.69) is 44.9 Å². The first-order valence-electron chi connectivity index (χ1n) is 13.3. The Morgan fingerprint density at radius 2 is 1.92 bits per heavy atom. The highest BCUT2D eigenvalue weighted by Crippen LogP contribution is 2.39. The van der Waals surface area contributed by atoms with Crippen molar-refractivity contribution in [2.45, 2.75) is 50.7 Å². The second kappa shape index (κ2) is 10.1. The molecule has 0 radical (unpaired) electrons. The summed E-state index contributed by atoms with van der Waals surface area (Å²) in [5, 5.41) is 8.83. The van der Waals surface area contributed by atoms with E-state index in [0.29, 0.717) is 24.2 Å². The van der Waals surface area contributed by atoms with Crippen molar-refractivity contribution in [3.05, 3.63) is 95.1 Å². The van der Waals surface area contributed by atoms with Crippen LogP contribution in [0.1, 0.15) is 58.3 Å². The largest absolute Gasteiger partial charge is 0.486 e. The van der Waals surface area contributed by atoms with Gasteiger partial charge in [-0.15, -0.1) is 0 Å². The molecule has 1 atom stereocenters. The van der Waals surface area contributed by atoms with Crippen LogP contribution in [-0.4, -0.2) is 40.3 Å². The zero-order chi connectivity index (χ0) is 26.1. The SMILES string of the molecule is Cc1ncc(CC(=O)NC(Cc2ccc3c(c2)C(=O)CC2(CCNCC2)O3)c2cccc3ccccc23)[nH]1. The van der Waals surface area contributed by atoms with Gasteiger partial charge in [0.1, 0.15) is 17.2 Å². The highest BCUT2D eigenvalue weighted by molar-refractivity contribution is 6.00. The first-order chi connectivity index (χ1) is 18.5. The van der Waals surface area contributed by atoms with E-state index in [-0.39, 0.29) is 29.8 Å². The number of fused-ring (bicyclic) bond motifs is 2. The van der Waals surface area contributed by atoms with E-state index in [4.69, 9.17) is 4.74 Å². The quantitative estimate of drug-likeness (QED) is 0.354. The van der Waals surface area contributed by atoms with E-state index >= 15 is 0 Å². The molecular weight excluding hydrogens is 476 g/mol. The molecule has 1 unspecified atom stereocenters. The number of carbonyl (C=O) groups is 2. The zero-order valence-electron chi connectivity index (χ0n) is 21.5. The average molecular weight is 509 g/mol. The third-order valence-electron chi connectivity index (χ3n) is 7.75. The molecule has 1 saturated heterocycles. The number of Topliss-reactive ketones (excluding diaryl/α,β-unsaturated/α-hetero) is 1. The number of nitrogens with zero attached hydrogens (tertiary/aromatic N) is 1. The van der Waals surface area contributed by atoms with Crippen LogP contribution in [-0.2, 0) is 17.6 Å². The van der Waals surface area contributed by atoms with Gasteiger partial charge in [-0.05, 0) is 60.5 Å². The number of rotatable bonds is 6. The number of hydrogen-bond acceptors (Lipinski definition) is 5. The lowest BCUT2D eigenvalue weighted by Gasteiger charge is -2.41. The van der Waals surface area contributed by atoms with Gasteiger partial charge in [-0.25, -0.2) is 4.98 Å². The maximum absolute atomic E-state index is 13.2. The summed E-state index contributed by atoms with van der Waals surface area (Å²) in [6, 6.07) is 20.0. The van der Waals surface area contributed by atoms with E-state index < -0.39 is 0 Å². The van der Waals surface area contributed by atoms with Crippen molar-refractivity contribution in [1.82, 2.24) is 20.6 Å². The van der Waals surface area contributed by atoms with Crippen LogP contribution >= 0.6 is 0 Å². The second-order valence-corrected chi connectivity index (χ2v) is 10.5. The van der Waals surface area contributed by atoms with Crippen LogP contribution in [0.5, 0.6) is 5.75 Å². The number of aromatic nitrogens is 2. The monoisotopic (exact) mass is 508 g/mol. The predicted molar refractivity (Wildman–Crippen MR) is 146 cm³/mol. The van der Waals surface area contributed by atoms with Gasteiger partial charge in [-0.3, -0.25) is 9.59 Å². The van der Waals surface area contributed by atoms with Crippen molar-refractivity contribution in [3.8, 4) is 5.75 Å². The second-order valence-electron chi connectivity index (χ2n) is 10.5. The molecule has 3 aromatic carbocycles. The molecule has 2 aliphatic heterocycles. The molecule has 3 heterocycles. The van der Waals surface area contributed by atoms with E-state index in [1.165, 1.54) is 0 Å². The minimum atomic E-state index is -0.388. The van der Waals surface area contributed by atoms with Crippen molar-refractivity contribution < 1.29 is 14.3 Å². The van der Waals surface area contributed by atoms with Crippen molar-refractivity contribution in [1.29, 1.82) is 0 Å². The topological polar surface area (TPSA) is 96.1 Å². The molecule has 0 saturated carbocycles. The van der Waals surface area contributed by atoms with Crippen LogP contribution in [0.25, 0.3) is 10.8 Å². The number of ether oxygens (including phenoxy) is 1. The first kappa shape index (κ1) is 24.4. The van der Waals surface area contributed by atoms with Crippen LogP contribution in [0.15, 0.2) is 66.9 Å². The average Bonchev–Trinajstić information content (AvgIpc) is 3.33. The fourth-order valence-corrected chi connectivity index (χ4v) is 5.84. The number of hydrogen-bond donors (Lipinski definition) is 3. The van der Waals surface area contributed by atoms with Gasteiger partial charge in [0, 0.05) is 24.7 Å². The zero-order valence-corrected chi connectivity index (χ0v) is 21.5. The third-order valence-corrected chi connectivity index (χ3v) is 7.75. The number of benzene rings is 3. The van der Waals surface area contributed by atoms with Gasteiger partial charge in [0.25, 0.3) is 0 Å². The number of piperidine rings is 1. The van der Waals surface area contributed by atoms with Gasteiger partial charge in [-0.1, -0.05) is 48.5 Å². The van der Waals surface area contributed by atoms with Gasteiger partial charge in [-0.2, -0.15) is 0 Å². The van der Waals surface area contributed by atoms with Gasteiger partial charge < -0.3 is 20.4 Å². The van der Waals surface area contributed by atoms with Crippen molar-refractivity contribution in [2.75, 3.05) is 13.1 Å². The molecule has 7 heteroatoms. The molecule has 1 amide bonds. The van der Waals surface area contributed by atoms with Crippen molar-refractivity contribution in [3.63, 3.8) is 0 Å². The molecule has 4 aromatic rings. The number of ketones is 1. The standard InChI is InChI=1S/C31H32N4O3/c1-20-33-19-23(34-20)17-30(37)35-27(25-8-4-6-22-5-2-3-7-24(22)25)16-21-9-10-29-26(15-21)28(36)18-31(38-29)11-13-32-14-12-31/h2-10,15,19,27,32H,11-14,16-18H2,1H3,(H,33,34)(H,35,37). The maximum Gasteiger partial charge on any atom is 0.226 e. The molecule has 2 aliphatic rings. The summed E-state index contributed by atoms with van der Waals surface area (Å²) >= 11 is 0. The van der Waals surface area contributed by atoms with E-state index in [9.17, 15) is 9.59 Å². The number of amides is 1. The molecule has 194 valence electrons. The van der Waals surface area contributed by atoms with E-state index in [1.807, 2.05) is 43.3 Å². The Morgan fingerprint density at radius 3 is 2.74 bits per heavy atom. The third kappa shape index (κ3) is 4.94. The summed E-state index contributed by atoms with van der Waals surface area (Å²) in [4.78, 5) is 33.7. The summed E-state index contributed by atoms with van der Waals surface area (Å²) in [5.41, 5.74) is 3.06. The Kier molecular flexibility index (Phi) is 6.45. The number of nitrogens with one attached hydrogen (secondary N) is 3. The van der Waals surface area contributed by atoms with Crippen LogP contribution in [0.4, 0.5) is 0 Å². The Hall–Kier alpha value is -3.97. The van der Waals surface area contributed by atoms with Crippen molar-refractivity contribution >= 4 is 22.5 Å². The summed E-state index contributed by atoms with van der Waals surface area (Å²) in [6.45, 7) is 3.60. The van der Waals surface area contributed by atoms with E-state index in [1.54, 1.807) is 6.20 Å². The molecule has 1 spiro atoms. The normalized spacial score (nSPS) is 17.1. The molecule has 38 heavy (non-hydrogen) atoms. The lowest BCUT2D eigenvalue weighted by molar-refractivity contribution is -0.121. The first-order valence-corrected chi connectivity index (χ1v) is 13.3. The van der Waals surface area contributed by atoms with Crippen LogP contribution < -0.4 is 15.4 Å². The number of imidazole rings is 1. The van der Waals surface area contributed by atoms with Crippen molar-refractivity contribution in [2.24, 2.45) is 0 Å². The van der Waals surface area contributed by atoms with Gasteiger partial charge >= 0.3 is 0 Å². The number of aryl methyl sites for hydroxylation is 1. The fraction of sp³-hybridized carbons (Fsp3) is 0.323. The van der Waals surface area contributed by atoms with Crippen LogP contribution in [0.3, 0.4) is 0 Å². The number of carbonyl (C=O) groups excluding carboxylic acids is 2. The molecule has 6 rings (SSSR count). The summed E-state index contributed by atoms with van der Waals surface area (Å²) in [7, 11) is 0.